The Bertz CT molecular complexity index is 2170. The molecule has 5 aromatic carbocycles. The third kappa shape index (κ3) is 3.60. The Labute approximate surface area is 297 Å². The van der Waals surface area contributed by atoms with E-state index in [2.05, 4.69) is 120 Å². The van der Waals surface area contributed by atoms with Gasteiger partial charge in [-0.3, -0.25) is 0 Å². The first-order valence-electron chi connectivity index (χ1n) is 20.0. The zero-order valence-corrected chi connectivity index (χ0v) is 29.2. The summed E-state index contributed by atoms with van der Waals surface area (Å²) in [6.45, 7) is 0.903. The number of hydrogen-bond donors (Lipinski definition) is 0. The second-order valence-electron chi connectivity index (χ2n) is 17.6. The van der Waals surface area contributed by atoms with Gasteiger partial charge in [0.15, 0.2) is 0 Å². The van der Waals surface area contributed by atoms with Crippen LogP contribution in [0.25, 0.3) is 22.3 Å². The lowest BCUT2D eigenvalue weighted by molar-refractivity contribution is 0.0613. The first-order valence-corrected chi connectivity index (χ1v) is 20.0. The van der Waals surface area contributed by atoms with Crippen LogP contribution in [0.2, 0.25) is 0 Å². The lowest BCUT2D eigenvalue weighted by Crippen LogP contribution is -2.48. The van der Waals surface area contributed by atoms with E-state index in [1.807, 2.05) is 0 Å². The van der Waals surface area contributed by atoms with Gasteiger partial charge >= 0.3 is 0 Å². The van der Waals surface area contributed by atoms with Crippen molar-refractivity contribution in [3.8, 4) is 22.3 Å². The fraction of sp³-hybridized carbons (Fsp3) is 0.388. The minimum absolute atomic E-state index is 0.156. The maximum Gasteiger partial charge on any atom is 0.0485 e. The van der Waals surface area contributed by atoms with Gasteiger partial charge in [-0.05, 0) is 161 Å². The van der Waals surface area contributed by atoms with Gasteiger partial charge in [0, 0.05) is 28.7 Å². The monoisotopic (exact) mass is 649 g/mol. The van der Waals surface area contributed by atoms with Crippen molar-refractivity contribution < 1.29 is 0 Å². The maximum atomic E-state index is 2.68. The van der Waals surface area contributed by atoms with Gasteiger partial charge in [0.1, 0.15) is 0 Å². The average molecular weight is 650 g/mol. The SMILES string of the molecule is c1ccc(N(Cc2cccc3c2C2(c4ccccc4-3)C3CCC4CC(C3)CC2C4)c2ccc3c(c2)C2(CC4CCC2C4)c2ccccc2-3)cc1. The van der Waals surface area contributed by atoms with Gasteiger partial charge in [-0.1, -0.05) is 104 Å². The number of benzene rings is 5. The van der Waals surface area contributed by atoms with Crippen LogP contribution in [0.15, 0.2) is 115 Å². The molecule has 8 atom stereocenters. The van der Waals surface area contributed by atoms with Crippen molar-refractivity contribution in [2.24, 2.45) is 35.5 Å². The fourth-order valence-corrected chi connectivity index (χ4v) is 14.2. The number of para-hydroxylation sites is 1. The molecule has 0 radical (unpaired) electrons. The van der Waals surface area contributed by atoms with Gasteiger partial charge in [0.05, 0.1) is 0 Å². The molecular formula is C49H47N. The third-order valence-corrected chi connectivity index (χ3v) is 15.7. The van der Waals surface area contributed by atoms with Gasteiger partial charge in [0.25, 0.3) is 0 Å². The summed E-state index contributed by atoms with van der Waals surface area (Å²) < 4.78 is 0. The van der Waals surface area contributed by atoms with Gasteiger partial charge in [0.2, 0.25) is 0 Å². The van der Waals surface area contributed by atoms with E-state index in [4.69, 9.17) is 0 Å². The maximum absolute atomic E-state index is 2.68. The standard InChI is InChI=1S/C49H47N/c1-2-10-38(11-3-1)50(39-21-22-42-40-12-4-6-15-44(40)48(46(42)28-39)29-32-18-19-35(48)25-32)30-34-9-8-14-43-41-13-5-7-16-45(41)49(47(34)43)36-20-17-31-23-33(26-36)27-37(49)24-31/h1-16,21-22,28,31-33,35-37H,17-20,23-27,29-30H2. The molecule has 2 spiro atoms. The molecular weight excluding hydrogens is 603 g/mol. The molecule has 13 rings (SSSR count). The molecule has 6 saturated carbocycles. The molecule has 5 aromatic rings. The van der Waals surface area contributed by atoms with Crippen molar-refractivity contribution >= 4 is 11.4 Å². The van der Waals surface area contributed by atoms with E-state index in [0.29, 0.717) is 0 Å². The van der Waals surface area contributed by atoms with E-state index in [1.54, 1.807) is 27.8 Å². The van der Waals surface area contributed by atoms with E-state index in [0.717, 1.165) is 42.1 Å². The predicted molar refractivity (Wildman–Crippen MR) is 205 cm³/mol. The summed E-state index contributed by atoms with van der Waals surface area (Å²) in [6.07, 6.45) is 14.1. The van der Waals surface area contributed by atoms with Crippen LogP contribution in [-0.4, -0.2) is 0 Å². The fourth-order valence-electron chi connectivity index (χ4n) is 14.2. The third-order valence-electron chi connectivity index (χ3n) is 15.7. The molecule has 8 aliphatic rings. The highest BCUT2D eigenvalue weighted by Crippen LogP contribution is 2.69. The number of nitrogens with zero attached hydrogens (tertiary/aromatic N) is 1. The minimum Gasteiger partial charge on any atom is -0.337 e. The zero-order chi connectivity index (χ0) is 32.6. The van der Waals surface area contributed by atoms with Crippen molar-refractivity contribution in [3.05, 3.63) is 143 Å². The summed E-state index contributed by atoms with van der Waals surface area (Å²) in [5, 5.41) is 0. The highest BCUT2D eigenvalue weighted by molar-refractivity contribution is 5.86. The van der Waals surface area contributed by atoms with Crippen molar-refractivity contribution in [2.45, 2.75) is 81.6 Å². The second kappa shape index (κ2) is 10.2. The summed E-state index contributed by atoms with van der Waals surface area (Å²) in [5.41, 5.74) is 17.2. The lowest BCUT2D eigenvalue weighted by atomic mass is 9.50. The van der Waals surface area contributed by atoms with Crippen molar-refractivity contribution in [2.75, 3.05) is 4.90 Å². The van der Waals surface area contributed by atoms with Crippen LogP contribution < -0.4 is 4.90 Å². The Morgan fingerprint density at radius 1 is 0.480 bits per heavy atom. The van der Waals surface area contributed by atoms with Gasteiger partial charge in [-0.2, -0.15) is 0 Å². The molecule has 6 bridgehead atoms. The quantitative estimate of drug-likeness (QED) is 0.187. The molecule has 1 heteroatoms. The lowest BCUT2D eigenvalue weighted by Gasteiger charge is -2.53. The summed E-state index contributed by atoms with van der Waals surface area (Å²) >= 11 is 0. The number of fused-ring (bicyclic) bond motifs is 12. The van der Waals surface area contributed by atoms with Crippen molar-refractivity contribution in [1.29, 1.82) is 0 Å². The first-order chi connectivity index (χ1) is 24.7. The normalized spacial score (nSPS) is 33.0. The van der Waals surface area contributed by atoms with Crippen LogP contribution in [-0.2, 0) is 17.4 Å². The van der Waals surface area contributed by atoms with E-state index in [9.17, 15) is 0 Å². The van der Waals surface area contributed by atoms with Crippen LogP contribution in [0.1, 0.15) is 92.0 Å². The summed E-state index contributed by atoms with van der Waals surface area (Å²) in [5.74, 6) is 5.03. The molecule has 0 heterocycles. The summed E-state index contributed by atoms with van der Waals surface area (Å²) in [6, 6.07) is 45.4. The van der Waals surface area contributed by atoms with Crippen LogP contribution in [0.3, 0.4) is 0 Å². The van der Waals surface area contributed by atoms with Crippen LogP contribution in [0.5, 0.6) is 0 Å². The van der Waals surface area contributed by atoms with Crippen LogP contribution >= 0.6 is 0 Å². The Balaban J connectivity index is 1.04. The molecule has 0 N–H and O–H groups in total. The molecule has 0 aromatic heterocycles. The molecule has 0 amide bonds. The predicted octanol–water partition coefficient (Wildman–Crippen LogP) is 12.2. The number of rotatable bonds is 4. The second-order valence-corrected chi connectivity index (χ2v) is 17.6. The Kier molecular flexibility index (Phi) is 5.86. The van der Waals surface area contributed by atoms with Gasteiger partial charge < -0.3 is 4.90 Å². The number of hydrogen-bond acceptors (Lipinski definition) is 1. The van der Waals surface area contributed by atoms with E-state index < -0.39 is 0 Å². The highest BCUT2D eigenvalue weighted by Gasteiger charge is 2.60. The molecule has 6 fully saturated rings. The van der Waals surface area contributed by atoms with Gasteiger partial charge in [-0.25, -0.2) is 0 Å². The minimum atomic E-state index is 0.156. The number of anilines is 2. The van der Waals surface area contributed by atoms with Crippen molar-refractivity contribution in [3.63, 3.8) is 0 Å². The van der Waals surface area contributed by atoms with Crippen LogP contribution in [0, 0.1) is 35.5 Å². The Hall–Kier alpha value is -4.10. The molecule has 0 aliphatic heterocycles. The largest absolute Gasteiger partial charge is 0.337 e. The molecule has 1 nitrogen and oxygen atoms in total. The van der Waals surface area contributed by atoms with E-state index in [-0.39, 0.29) is 10.8 Å². The van der Waals surface area contributed by atoms with E-state index >= 15 is 0 Å². The van der Waals surface area contributed by atoms with E-state index in [1.165, 1.54) is 97.8 Å². The molecule has 50 heavy (non-hydrogen) atoms. The van der Waals surface area contributed by atoms with Crippen molar-refractivity contribution in [1.82, 2.24) is 0 Å². The summed E-state index contributed by atoms with van der Waals surface area (Å²) in [4.78, 5) is 2.68. The van der Waals surface area contributed by atoms with Gasteiger partial charge in [-0.15, -0.1) is 0 Å². The Morgan fingerprint density at radius 2 is 1.16 bits per heavy atom. The average Bonchev–Trinajstić information content (AvgIpc) is 3.88. The highest BCUT2D eigenvalue weighted by atomic mass is 15.1. The Morgan fingerprint density at radius 3 is 2.00 bits per heavy atom. The first kappa shape index (κ1) is 28.6. The molecule has 8 aliphatic carbocycles. The van der Waals surface area contributed by atoms with Crippen LogP contribution in [0.4, 0.5) is 11.4 Å². The molecule has 248 valence electrons. The molecule has 8 unspecified atom stereocenters. The zero-order valence-electron chi connectivity index (χ0n) is 29.2. The smallest absolute Gasteiger partial charge is 0.0485 e. The topological polar surface area (TPSA) is 3.24 Å². The molecule has 0 saturated heterocycles. The summed E-state index contributed by atoms with van der Waals surface area (Å²) in [7, 11) is 0.